The van der Waals surface area contributed by atoms with Gasteiger partial charge in [-0.25, -0.2) is 4.98 Å². The fourth-order valence-corrected chi connectivity index (χ4v) is 1.03. The van der Waals surface area contributed by atoms with E-state index in [1.54, 1.807) is 14.0 Å². The van der Waals surface area contributed by atoms with Gasteiger partial charge in [0.2, 0.25) is 0 Å². The molecular weight excluding hydrogens is 197 g/mol. The first-order valence-electron chi connectivity index (χ1n) is 4.02. The van der Waals surface area contributed by atoms with Crippen LogP contribution in [0.15, 0.2) is 0 Å². The van der Waals surface area contributed by atoms with Crippen LogP contribution < -0.4 is 5.32 Å². The summed E-state index contributed by atoms with van der Waals surface area (Å²) in [5.74, 6) is 1.04. The summed E-state index contributed by atoms with van der Waals surface area (Å²) in [6, 6.07) is 0. The predicted octanol–water partition coefficient (Wildman–Crippen LogP) is 0.775. The minimum absolute atomic E-state index is 0.0663. The maximum atomic E-state index is 11.8. The van der Waals surface area contributed by atoms with Crippen LogP contribution in [0, 0.1) is 6.92 Å². The van der Waals surface area contributed by atoms with E-state index in [-0.39, 0.29) is 6.54 Å². The zero-order valence-electron chi connectivity index (χ0n) is 7.89. The number of aromatic nitrogens is 3. The molecule has 0 aliphatic rings. The second kappa shape index (κ2) is 3.95. The first-order valence-corrected chi connectivity index (χ1v) is 4.02. The lowest BCUT2D eigenvalue weighted by molar-refractivity contribution is -0.125. The second-order valence-electron chi connectivity index (χ2n) is 2.92. The largest absolute Gasteiger partial charge is 0.401 e. The van der Waals surface area contributed by atoms with Crippen molar-refractivity contribution >= 4 is 0 Å². The van der Waals surface area contributed by atoms with E-state index in [0.29, 0.717) is 11.6 Å². The van der Waals surface area contributed by atoms with Crippen LogP contribution in [0.3, 0.4) is 0 Å². The van der Waals surface area contributed by atoms with Crippen LogP contribution in [0.4, 0.5) is 13.2 Å². The Balaban J connectivity index is 2.42. The molecule has 4 nitrogen and oxygen atoms in total. The van der Waals surface area contributed by atoms with Crippen LogP contribution in [0.25, 0.3) is 0 Å². The Bertz CT molecular complexity index is 304. The van der Waals surface area contributed by atoms with Crippen LogP contribution in [-0.2, 0) is 13.6 Å². The molecule has 80 valence electrons. The van der Waals surface area contributed by atoms with Gasteiger partial charge < -0.3 is 5.32 Å². The number of rotatable bonds is 3. The van der Waals surface area contributed by atoms with Gasteiger partial charge >= 0.3 is 6.18 Å². The van der Waals surface area contributed by atoms with Crippen LogP contribution in [0.2, 0.25) is 0 Å². The predicted molar refractivity (Wildman–Crippen MR) is 43.5 cm³/mol. The fraction of sp³-hybridized carbons (Fsp3) is 0.714. The average Bonchev–Trinajstić information content (AvgIpc) is 2.27. The molecule has 0 aliphatic heterocycles. The average molecular weight is 208 g/mol. The van der Waals surface area contributed by atoms with Gasteiger partial charge in [-0.1, -0.05) is 0 Å². The molecule has 1 aromatic rings. The monoisotopic (exact) mass is 208 g/mol. The summed E-state index contributed by atoms with van der Waals surface area (Å²) in [7, 11) is 1.64. The third kappa shape index (κ3) is 3.33. The van der Waals surface area contributed by atoms with Crippen LogP contribution in [-0.4, -0.2) is 27.5 Å². The molecule has 1 aromatic heterocycles. The van der Waals surface area contributed by atoms with Crippen LogP contribution in [0.1, 0.15) is 11.6 Å². The molecule has 7 heteroatoms. The van der Waals surface area contributed by atoms with Crippen molar-refractivity contribution in [2.24, 2.45) is 7.05 Å². The number of aryl methyl sites for hydroxylation is 2. The minimum atomic E-state index is -4.19. The molecule has 1 rings (SSSR count). The Labute approximate surface area is 79.1 Å². The summed E-state index contributed by atoms with van der Waals surface area (Å²) < 4.78 is 36.7. The lowest BCUT2D eigenvalue weighted by Crippen LogP contribution is -2.29. The SMILES string of the molecule is Cc1nc(CNCC(F)(F)F)n(C)n1. The Kier molecular flexibility index (Phi) is 3.10. The van der Waals surface area contributed by atoms with Crippen LogP contribution in [0.5, 0.6) is 0 Å². The van der Waals surface area contributed by atoms with E-state index in [0.717, 1.165) is 0 Å². The van der Waals surface area contributed by atoms with Crippen molar-refractivity contribution in [2.45, 2.75) is 19.6 Å². The lowest BCUT2D eigenvalue weighted by Gasteiger charge is -2.06. The van der Waals surface area contributed by atoms with Gasteiger partial charge in [-0.15, -0.1) is 0 Å². The van der Waals surface area contributed by atoms with Crippen molar-refractivity contribution in [3.8, 4) is 0 Å². The van der Waals surface area contributed by atoms with Gasteiger partial charge in [0.1, 0.15) is 11.6 Å². The topological polar surface area (TPSA) is 42.7 Å². The van der Waals surface area contributed by atoms with Crippen molar-refractivity contribution in [2.75, 3.05) is 6.54 Å². The molecule has 0 saturated carbocycles. The van der Waals surface area contributed by atoms with Crippen molar-refractivity contribution in [1.29, 1.82) is 0 Å². The molecule has 0 bridgehead atoms. The van der Waals surface area contributed by atoms with E-state index in [1.165, 1.54) is 4.68 Å². The van der Waals surface area contributed by atoms with Crippen LogP contribution >= 0.6 is 0 Å². The summed E-state index contributed by atoms with van der Waals surface area (Å²) in [4.78, 5) is 3.95. The number of hydrogen-bond donors (Lipinski definition) is 1. The molecule has 0 fully saturated rings. The van der Waals surface area contributed by atoms with Crippen molar-refractivity contribution in [3.63, 3.8) is 0 Å². The summed E-state index contributed by atoms with van der Waals surface area (Å²) >= 11 is 0. The number of nitrogens with zero attached hydrogens (tertiary/aromatic N) is 3. The smallest absolute Gasteiger partial charge is 0.302 e. The Hall–Kier alpha value is -1.11. The van der Waals surface area contributed by atoms with Gasteiger partial charge in [-0.05, 0) is 6.92 Å². The minimum Gasteiger partial charge on any atom is -0.302 e. The maximum Gasteiger partial charge on any atom is 0.401 e. The third-order valence-electron chi connectivity index (χ3n) is 1.57. The zero-order chi connectivity index (χ0) is 10.8. The molecule has 1 heterocycles. The van der Waals surface area contributed by atoms with Crippen molar-refractivity contribution in [3.05, 3.63) is 11.6 Å². The first kappa shape index (κ1) is 11.0. The number of nitrogens with one attached hydrogen (secondary N) is 1. The van der Waals surface area contributed by atoms with Gasteiger partial charge in [-0.3, -0.25) is 4.68 Å². The summed E-state index contributed by atoms with van der Waals surface area (Å²) in [6.45, 7) is 0.739. The number of halogens is 3. The van der Waals surface area contributed by atoms with Gasteiger partial charge in [-0.2, -0.15) is 18.3 Å². The van der Waals surface area contributed by atoms with Gasteiger partial charge in [0.15, 0.2) is 0 Å². The quantitative estimate of drug-likeness (QED) is 0.798. The number of hydrogen-bond acceptors (Lipinski definition) is 3. The summed E-state index contributed by atoms with van der Waals surface area (Å²) in [6.07, 6.45) is -4.19. The molecule has 0 radical (unpaired) electrons. The molecule has 0 atom stereocenters. The molecule has 0 saturated heterocycles. The van der Waals surface area contributed by atoms with Gasteiger partial charge in [0.05, 0.1) is 13.1 Å². The highest BCUT2D eigenvalue weighted by atomic mass is 19.4. The normalized spacial score (nSPS) is 12.1. The molecule has 0 aromatic carbocycles. The highest BCUT2D eigenvalue weighted by molar-refractivity contribution is 4.89. The maximum absolute atomic E-state index is 11.8. The van der Waals surface area contributed by atoms with E-state index in [9.17, 15) is 13.2 Å². The zero-order valence-corrected chi connectivity index (χ0v) is 7.89. The molecule has 1 N–H and O–H groups in total. The highest BCUT2D eigenvalue weighted by Crippen LogP contribution is 2.12. The molecular formula is C7H11F3N4. The fourth-order valence-electron chi connectivity index (χ4n) is 1.03. The second-order valence-corrected chi connectivity index (χ2v) is 2.92. The molecule has 0 spiro atoms. The Morgan fingerprint density at radius 3 is 2.50 bits per heavy atom. The van der Waals surface area contributed by atoms with E-state index in [1.807, 2.05) is 0 Å². The molecule has 0 amide bonds. The lowest BCUT2D eigenvalue weighted by atomic mass is 10.5. The first-order chi connectivity index (χ1) is 6.38. The Morgan fingerprint density at radius 2 is 2.07 bits per heavy atom. The van der Waals surface area contributed by atoms with Crippen molar-refractivity contribution < 1.29 is 13.2 Å². The van der Waals surface area contributed by atoms with E-state index in [2.05, 4.69) is 15.4 Å². The standard InChI is InChI=1S/C7H11F3N4/c1-5-12-6(14(2)13-5)3-11-4-7(8,9)10/h11H,3-4H2,1-2H3. The van der Waals surface area contributed by atoms with E-state index in [4.69, 9.17) is 0 Å². The van der Waals surface area contributed by atoms with Crippen molar-refractivity contribution in [1.82, 2.24) is 20.1 Å². The van der Waals surface area contributed by atoms with Gasteiger partial charge in [0.25, 0.3) is 0 Å². The Morgan fingerprint density at radius 1 is 1.43 bits per heavy atom. The van der Waals surface area contributed by atoms with E-state index < -0.39 is 12.7 Å². The molecule has 0 aliphatic carbocycles. The highest BCUT2D eigenvalue weighted by Gasteiger charge is 2.26. The number of alkyl halides is 3. The molecule has 14 heavy (non-hydrogen) atoms. The third-order valence-corrected chi connectivity index (χ3v) is 1.57. The molecule has 0 unspecified atom stereocenters. The van der Waals surface area contributed by atoms with Gasteiger partial charge in [0, 0.05) is 7.05 Å². The summed E-state index contributed by atoms with van der Waals surface area (Å²) in [5.41, 5.74) is 0. The summed E-state index contributed by atoms with van der Waals surface area (Å²) in [5, 5.41) is 6.16. The van der Waals surface area contributed by atoms with E-state index >= 15 is 0 Å².